The molecule has 0 unspecified atom stereocenters. The lowest BCUT2D eigenvalue weighted by Gasteiger charge is -2.23. The van der Waals surface area contributed by atoms with Gasteiger partial charge < -0.3 is 10.1 Å². The van der Waals surface area contributed by atoms with Crippen molar-refractivity contribution in [1.82, 2.24) is 0 Å². The summed E-state index contributed by atoms with van der Waals surface area (Å²) in [5.74, 6) is 0.774. The monoisotopic (exact) mass is 341 g/mol. The molecule has 25 heavy (non-hydrogen) atoms. The third-order valence-corrected chi connectivity index (χ3v) is 4.23. The molecule has 1 aliphatic rings. The van der Waals surface area contributed by atoms with Gasteiger partial charge in [0.05, 0.1) is 12.0 Å². The van der Waals surface area contributed by atoms with Crippen LogP contribution in [0.1, 0.15) is 18.4 Å². The zero-order valence-electron chi connectivity index (χ0n) is 13.9. The van der Waals surface area contributed by atoms with E-state index in [1.54, 1.807) is 12.0 Å². The lowest BCUT2D eigenvalue weighted by Crippen LogP contribution is -2.35. The maximum atomic E-state index is 12.7. The first-order chi connectivity index (χ1) is 12.1. The summed E-state index contributed by atoms with van der Waals surface area (Å²) < 4.78 is 5.27. The number of fused-ring (bicyclic) bond motifs is 1. The number of nitrogens with one attached hydrogen (secondary N) is 1. The van der Waals surface area contributed by atoms with Crippen LogP contribution in [0.5, 0.6) is 5.75 Å². The van der Waals surface area contributed by atoms with Crippen molar-refractivity contribution in [2.45, 2.75) is 19.3 Å². The summed E-state index contributed by atoms with van der Waals surface area (Å²) in [6.07, 6.45) is 2.81. The summed E-state index contributed by atoms with van der Waals surface area (Å²) in [6, 6.07) is 11.3. The molecule has 0 saturated heterocycles. The number of methoxy groups -OCH3 is 1. The summed E-state index contributed by atoms with van der Waals surface area (Å²) in [7, 11) is 1.62. The second kappa shape index (κ2) is 7.21. The molecule has 1 N–H and O–H groups in total. The van der Waals surface area contributed by atoms with E-state index < -0.39 is 4.92 Å². The molecular weight excluding hydrogens is 322 g/mol. The van der Waals surface area contributed by atoms with Gasteiger partial charge in [0.1, 0.15) is 5.75 Å². The summed E-state index contributed by atoms with van der Waals surface area (Å²) in [5.41, 5.74) is 2.47. The molecule has 0 radical (unpaired) electrons. The molecule has 2 aromatic carbocycles. The highest BCUT2D eigenvalue weighted by atomic mass is 16.6. The summed E-state index contributed by atoms with van der Waals surface area (Å²) >= 11 is 0. The van der Waals surface area contributed by atoms with Crippen molar-refractivity contribution in [3.05, 3.63) is 58.1 Å². The Morgan fingerprint density at radius 2 is 1.96 bits per heavy atom. The predicted octanol–water partition coefficient (Wildman–Crippen LogP) is 3.98. The van der Waals surface area contributed by atoms with E-state index in [-0.39, 0.29) is 11.7 Å². The van der Waals surface area contributed by atoms with Crippen molar-refractivity contribution >= 4 is 23.1 Å². The minimum absolute atomic E-state index is 0.00906. The number of urea groups is 1. The lowest BCUT2D eigenvalue weighted by atomic mass is 10.1. The molecule has 7 heteroatoms. The number of aryl methyl sites for hydroxylation is 1. The molecule has 3 rings (SSSR count). The Balaban J connectivity index is 1.81. The zero-order valence-corrected chi connectivity index (χ0v) is 13.9. The molecule has 0 atom stereocenters. The first-order valence-corrected chi connectivity index (χ1v) is 8.08. The first-order valence-electron chi connectivity index (χ1n) is 8.08. The lowest BCUT2D eigenvalue weighted by molar-refractivity contribution is -0.384. The van der Waals surface area contributed by atoms with Gasteiger partial charge in [-0.2, -0.15) is 0 Å². The molecule has 0 fully saturated rings. The summed E-state index contributed by atoms with van der Waals surface area (Å²) in [4.78, 5) is 24.7. The van der Waals surface area contributed by atoms with Gasteiger partial charge in [-0.3, -0.25) is 15.0 Å². The van der Waals surface area contributed by atoms with Gasteiger partial charge in [-0.05, 0) is 55.2 Å². The Bertz CT molecular complexity index is 789. The normalized spacial score (nSPS) is 13.6. The van der Waals surface area contributed by atoms with E-state index in [9.17, 15) is 14.9 Å². The maximum Gasteiger partial charge on any atom is 0.326 e. The number of nitrogens with zero attached hydrogens (tertiary/aromatic N) is 2. The van der Waals surface area contributed by atoms with Crippen molar-refractivity contribution in [3.8, 4) is 5.75 Å². The van der Waals surface area contributed by atoms with Gasteiger partial charge in [0.15, 0.2) is 0 Å². The largest absolute Gasteiger partial charge is 0.497 e. The van der Waals surface area contributed by atoms with E-state index in [1.165, 1.54) is 24.3 Å². The molecule has 1 aliphatic heterocycles. The maximum absolute atomic E-state index is 12.7. The van der Waals surface area contributed by atoms with Crippen LogP contribution in [-0.4, -0.2) is 24.6 Å². The van der Waals surface area contributed by atoms with Crippen LogP contribution in [0.25, 0.3) is 0 Å². The Kier molecular flexibility index (Phi) is 4.83. The Hall–Kier alpha value is -3.09. The van der Waals surface area contributed by atoms with E-state index in [2.05, 4.69) is 5.32 Å². The molecular formula is C18H19N3O4. The molecule has 0 saturated carbocycles. The molecule has 0 aromatic heterocycles. The number of hydrogen-bond acceptors (Lipinski definition) is 4. The SMILES string of the molecule is COc1ccc2c(c1)CCCCN2C(=O)Nc1ccc([N+](=O)[O-])cc1. The van der Waals surface area contributed by atoms with Gasteiger partial charge in [0, 0.05) is 30.1 Å². The Labute approximate surface area is 145 Å². The molecule has 1 heterocycles. The minimum atomic E-state index is -0.468. The second-order valence-electron chi connectivity index (χ2n) is 5.84. The van der Waals surface area contributed by atoms with Gasteiger partial charge in [-0.1, -0.05) is 0 Å². The van der Waals surface area contributed by atoms with Crippen molar-refractivity contribution in [2.24, 2.45) is 0 Å². The van der Waals surface area contributed by atoms with Crippen LogP contribution in [-0.2, 0) is 6.42 Å². The molecule has 0 bridgehead atoms. The Morgan fingerprint density at radius 3 is 2.64 bits per heavy atom. The third kappa shape index (κ3) is 3.71. The number of nitro benzene ring substituents is 1. The van der Waals surface area contributed by atoms with E-state index in [4.69, 9.17) is 4.74 Å². The van der Waals surface area contributed by atoms with E-state index in [0.717, 1.165) is 36.3 Å². The fourth-order valence-electron chi connectivity index (χ4n) is 2.93. The van der Waals surface area contributed by atoms with Gasteiger partial charge in [-0.15, -0.1) is 0 Å². The molecule has 0 aliphatic carbocycles. The fourth-order valence-corrected chi connectivity index (χ4v) is 2.93. The van der Waals surface area contributed by atoms with Crippen LogP contribution in [0.15, 0.2) is 42.5 Å². The number of non-ortho nitro benzene ring substituents is 1. The number of hydrogen-bond donors (Lipinski definition) is 1. The average molecular weight is 341 g/mol. The van der Waals surface area contributed by atoms with Gasteiger partial charge in [-0.25, -0.2) is 4.79 Å². The minimum Gasteiger partial charge on any atom is -0.497 e. The highest BCUT2D eigenvalue weighted by Crippen LogP contribution is 2.30. The van der Waals surface area contributed by atoms with Gasteiger partial charge >= 0.3 is 6.03 Å². The molecule has 0 spiro atoms. The van der Waals surface area contributed by atoms with Crippen LogP contribution >= 0.6 is 0 Å². The van der Waals surface area contributed by atoms with Crippen molar-refractivity contribution in [2.75, 3.05) is 23.9 Å². The number of rotatable bonds is 3. The van der Waals surface area contributed by atoms with Crippen molar-refractivity contribution in [1.29, 1.82) is 0 Å². The van der Waals surface area contributed by atoms with Crippen molar-refractivity contribution in [3.63, 3.8) is 0 Å². The average Bonchev–Trinajstić information content (AvgIpc) is 2.83. The number of ether oxygens (including phenoxy) is 1. The van der Waals surface area contributed by atoms with Crippen molar-refractivity contribution < 1.29 is 14.5 Å². The molecule has 130 valence electrons. The van der Waals surface area contributed by atoms with Crippen LogP contribution in [0, 0.1) is 10.1 Å². The zero-order chi connectivity index (χ0) is 17.8. The highest BCUT2D eigenvalue weighted by molar-refractivity contribution is 6.02. The van der Waals surface area contributed by atoms with Crippen LogP contribution in [0.3, 0.4) is 0 Å². The fraction of sp³-hybridized carbons (Fsp3) is 0.278. The van der Waals surface area contributed by atoms with E-state index in [1.807, 2.05) is 18.2 Å². The molecule has 2 amide bonds. The predicted molar refractivity (Wildman–Crippen MR) is 95.4 cm³/mol. The van der Waals surface area contributed by atoms with Crippen LogP contribution < -0.4 is 15.0 Å². The standard InChI is InChI=1S/C18H19N3O4/c1-25-16-9-10-17-13(12-16)4-2-3-11-20(17)18(22)19-14-5-7-15(8-6-14)21(23)24/h5-10,12H,2-4,11H2,1H3,(H,19,22). The number of carbonyl (C=O) groups excluding carboxylic acids is 1. The number of nitro groups is 1. The third-order valence-electron chi connectivity index (χ3n) is 4.23. The smallest absolute Gasteiger partial charge is 0.326 e. The molecule has 2 aromatic rings. The number of benzene rings is 2. The van der Waals surface area contributed by atoms with E-state index >= 15 is 0 Å². The molecule has 7 nitrogen and oxygen atoms in total. The number of amides is 2. The van der Waals surface area contributed by atoms with Crippen LogP contribution in [0.2, 0.25) is 0 Å². The van der Waals surface area contributed by atoms with Crippen LogP contribution in [0.4, 0.5) is 21.9 Å². The Morgan fingerprint density at radius 1 is 1.20 bits per heavy atom. The number of anilines is 2. The summed E-state index contributed by atoms with van der Waals surface area (Å²) in [5, 5.41) is 13.5. The number of carbonyl (C=O) groups is 1. The van der Waals surface area contributed by atoms with E-state index in [0.29, 0.717) is 12.2 Å². The quantitative estimate of drug-likeness (QED) is 0.676. The highest BCUT2D eigenvalue weighted by Gasteiger charge is 2.22. The summed E-state index contributed by atoms with van der Waals surface area (Å²) in [6.45, 7) is 0.623. The first kappa shape index (κ1) is 16.8. The van der Waals surface area contributed by atoms with Gasteiger partial charge in [0.2, 0.25) is 0 Å². The topological polar surface area (TPSA) is 84.7 Å². The van der Waals surface area contributed by atoms with Gasteiger partial charge in [0.25, 0.3) is 5.69 Å². The second-order valence-corrected chi connectivity index (χ2v) is 5.84.